The first kappa shape index (κ1) is 10.6. The maximum absolute atomic E-state index is 11.1. The molecule has 0 saturated heterocycles. The molecular formula is C4HCl2N3O2S2. The highest BCUT2D eigenvalue weighted by molar-refractivity contribution is 7.90. The van der Waals surface area contributed by atoms with E-state index >= 15 is 0 Å². The van der Waals surface area contributed by atoms with E-state index in [-0.39, 0.29) is 13.6 Å². The van der Waals surface area contributed by atoms with Gasteiger partial charge in [0.2, 0.25) is 0 Å². The molecule has 0 radical (unpaired) electrons. The summed E-state index contributed by atoms with van der Waals surface area (Å²) in [5.74, 6) is 0. The fraction of sp³-hybridized carbons (Fsp3) is 0. The second kappa shape index (κ2) is 3.73. The van der Waals surface area contributed by atoms with Gasteiger partial charge in [-0.2, -0.15) is 0 Å². The molecule has 1 aromatic rings. The topological polar surface area (TPSA) is 82.9 Å². The van der Waals surface area contributed by atoms with E-state index in [2.05, 4.69) is 9.43 Å². The minimum atomic E-state index is -4.02. The second-order valence-corrected chi connectivity index (χ2v) is 5.67. The van der Waals surface area contributed by atoms with Crippen LogP contribution >= 0.6 is 34.5 Å². The molecule has 0 atom stereocenters. The molecule has 0 fully saturated rings. The van der Waals surface area contributed by atoms with Crippen molar-refractivity contribution < 1.29 is 8.42 Å². The zero-order valence-corrected chi connectivity index (χ0v) is 8.95. The lowest BCUT2D eigenvalue weighted by Crippen LogP contribution is -1.92. The van der Waals surface area contributed by atoms with Crippen LogP contribution in [0.3, 0.4) is 0 Å². The van der Waals surface area contributed by atoms with Gasteiger partial charge >= 0.3 is 0 Å². The van der Waals surface area contributed by atoms with Gasteiger partial charge in [-0.25, -0.2) is 8.42 Å². The van der Waals surface area contributed by atoms with Crippen molar-refractivity contribution >= 4 is 44.6 Å². The van der Waals surface area contributed by atoms with Crippen LogP contribution in [0.2, 0.25) is 8.67 Å². The van der Waals surface area contributed by atoms with E-state index in [1.54, 1.807) is 0 Å². The number of sulfonamides is 1. The van der Waals surface area contributed by atoms with Crippen molar-refractivity contribution in [3.05, 3.63) is 25.2 Å². The first-order valence-electron chi connectivity index (χ1n) is 2.73. The summed E-state index contributed by atoms with van der Waals surface area (Å²) in [5.41, 5.74) is 7.97. The van der Waals surface area contributed by atoms with Gasteiger partial charge in [0.1, 0.15) is 9.23 Å². The Morgan fingerprint density at radius 3 is 2.54 bits per heavy atom. The minimum Gasteiger partial charge on any atom is -0.216 e. The van der Waals surface area contributed by atoms with Crippen molar-refractivity contribution in [1.82, 2.24) is 0 Å². The van der Waals surface area contributed by atoms with Crippen LogP contribution < -0.4 is 0 Å². The quantitative estimate of drug-likeness (QED) is 0.464. The standard InChI is InChI=1S/C4HCl2N3O2S2/c5-3-1-2(4(6)12-3)13(10,11)9-8-7/h1H. The van der Waals surface area contributed by atoms with Gasteiger partial charge in [0.15, 0.2) is 0 Å². The van der Waals surface area contributed by atoms with Crippen molar-refractivity contribution in [2.24, 2.45) is 4.52 Å². The smallest absolute Gasteiger partial charge is 0.216 e. The van der Waals surface area contributed by atoms with E-state index in [0.29, 0.717) is 0 Å². The van der Waals surface area contributed by atoms with E-state index in [4.69, 9.17) is 28.7 Å². The number of hydrogen-bond donors (Lipinski definition) is 0. The van der Waals surface area contributed by atoms with Crippen molar-refractivity contribution in [2.45, 2.75) is 4.90 Å². The van der Waals surface area contributed by atoms with Crippen LogP contribution in [-0.4, -0.2) is 8.42 Å². The Bertz CT molecular complexity index is 474. The summed E-state index contributed by atoms with van der Waals surface area (Å²) in [5, 5.41) is 0. The average molecular weight is 258 g/mol. The van der Waals surface area contributed by atoms with E-state index in [0.717, 1.165) is 17.4 Å². The van der Waals surface area contributed by atoms with E-state index in [9.17, 15) is 8.42 Å². The Morgan fingerprint density at radius 1 is 1.54 bits per heavy atom. The summed E-state index contributed by atoms with van der Waals surface area (Å²) in [6, 6.07) is 1.14. The van der Waals surface area contributed by atoms with Crippen LogP contribution in [0.1, 0.15) is 0 Å². The third-order valence-electron chi connectivity index (χ3n) is 1.05. The number of nitrogens with zero attached hydrogens (tertiary/aromatic N) is 3. The fourth-order valence-corrected chi connectivity index (χ4v) is 3.39. The number of halogens is 2. The molecule has 0 spiro atoms. The van der Waals surface area contributed by atoms with Gasteiger partial charge in [-0.05, 0) is 11.6 Å². The second-order valence-electron chi connectivity index (χ2n) is 1.83. The monoisotopic (exact) mass is 257 g/mol. The number of rotatable bonds is 2. The molecular weight excluding hydrogens is 257 g/mol. The van der Waals surface area contributed by atoms with Crippen molar-refractivity contribution in [2.75, 3.05) is 0 Å². The van der Waals surface area contributed by atoms with Gasteiger partial charge in [-0.15, -0.1) is 11.3 Å². The Kier molecular flexibility index (Phi) is 3.05. The van der Waals surface area contributed by atoms with Gasteiger partial charge < -0.3 is 0 Å². The molecule has 9 heteroatoms. The first-order chi connectivity index (χ1) is 5.97. The molecule has 0 aromatic carbocycles. The molecule has 5 nitrogen and oxygen atoms in total. The van der Waals surface area contributed by atoms with E-state index < -0.39 is 10.0 Å². The lowest BCUT2D eigenvalue weighted by molar-refractivity contribution is 0.598. The Balaban J connectivity index is 3.38. The Labute approximate surface area is 87.6 Å². The van der Waals surface area contributed by atoms with Crippen molar-refractivity contribution in [3.63, 3.8) is 0 Å². The summed E-state index contributed by atoms with van der Waals surface area (Å²) in [6.45, 7) is 0. The predicted molar refractivity (Wildman–Crippen MR) is 50.7 cm³/mol. The summed E-state index contributed by atoms with van der Waals surface area (Å²) in [6.07, 6.45) is 0. The highest BCUT2D eigenvalue weighted by Gasteiger charge is 2.19. The molecule has 0 aliphatic rings. The maximum atomic E-state index is 11.1. The van der Waals surface area contributed by atoms with Gasteiger partial charge in [-0.3, -0.25) is 0 Å². The lowest BCUT2D eigenvalue weighted by Gasteiger charge is -1.90. The molecule has 1 heterocycles. The van der Waals surface area contributed by atoms with Crippen LogP contribution in [-0.2, 0) is 10.0 Å². The fourth-order valence-electron chi connectivity index (χ4n) is 0.593. The van der Waals surface area contributed by atoms with Crippen LogP contribution in [0.4, 0.5) is 0 Å². The summed E-state index contributed by atoms with van der Waals surface area (Å²) >= 11 is 11.9. The van der Waals surface area contributed by atoms with E-state index in [1.165, 1.54) is 0 Å². The normalized spacial score (nSPS) is 10.9. The van der Waals surface area contributed by atoms with Crippen molar-refractivity contribution in [3.8, 4) is 0 Å². The van der Waals surface area contributed by atoms with Gasteiger partial charge in [-0.1, -0.05) is 23.2 Å². The van der Waals surface area contributed by atoms with Crippen LogP contribution in [0, 0.1) is 0 Å². The Hall–Kier alpha value is -0.460. The molecule has 0 aliphatic carbocycles. The molecule has 1 rings (SSSR count). The molecule has 0 bridgehead atoms. The maximum Gasteiger partial charge on any atom is 0.266 e. The van der Waals surface area contributed by atoms with Crippen LogP contribution in [0.15, 0.2) is 15.5 Å². The molecule has 1 aromatic heterocycles. The highest BCUT2D eigenvalue weighted by atomic mass is 35.5. The lowest BCUT2D eigenvalue weighted by atomic mass is 10.7. The number of thiophene rings is 1. The number of hydrogen-bond acceptors (Lipinski definition) is 3. The van der Waals surface area contributed by atoms with Crippen molar-refractivity contribution in [1.29, 1.82) is 0 Å². The molecule has 0 N–H and O–H groups in total. The molecule has 0 unspecified atom stereocenters. The van der Waals surface area contributed by atoms with E-state index in [1.807, 2.05) is 0 Å². The SMILES string of the molecule is [N-]=[N+]=NS(=O)(=O)c1cc(Cl)sc1Cl. The molecule has 70 valence electrons. The summed E-state index contributed by atoms with van der Waals surface area (Å²) in [4.78, 5) is 1.91. The molecule has 0 aliphatic heterocycles. The third-order valence-corrected chi connectivity index (χ3v) is 3.94. The highest BCUT2D eigenvalue weighted by Crippen LogP contribution is 2.34. The average Bonchev–Trinajstić information content (AvgIpc) is 2.30. The molecule has 13 heavy (non-hydrogen) atoms. The van der Waals surface area contributed by atoms with Gasteiger partial charge in [0.05, 0.1) is 4.34 Å². The van der Waals surface area contributed by atoms with Crippen LogP contribution in [0.5, 0.6) is 0 Å². The first-order valence-corrected chi connectivity index (χ1v) is 5.75. The zero-order chi connectivity index (χ0) is 10.1. The Morgan fingerprint density at radius 2 is 2.15 bits per heavy atom. The van der Waals surface area contributed by atoms with Crippen LogP contribution in [0.25, 0.3) is 10.4 Å². The summed E-state index contributed by atoms with van der Waals surface area (Å²) < 4.78 is 25.0. The molecule has 0 amide bonds. The minimum absolute atomic E-state index is 0.0163. The van der Waals surface area contributed by atoms with Gasteiger partial charge in [0.25, 0.3) is 10.0 Å². The summed E-state index contributed by atoms with van der Waals surface area (Å²) in [7, 11) is -4.02. The third kappa shape index (κ3) is 2.26. The number of azide groups is 1. The zero-order valence-electron chi connectivity index (χ0n) is 5.81. The largest absolute Gasteiger partial charge is 0.266 e. The van der Waals surface area contributed by atoms with Gasteiger partial charge in [0, 0.05) is 9.43 Å². The predicted octanol–water partition coefficient (Wildman–Crippen LogP) is 3.05. The molecule has 0 saturated carbocycles.